The van der Waals surface area contributed by atoms with Gasteiger partial charge in [0, 0.05) is 47.5 Å². The first-order chi connectivity index (χ1) is 15.0. The molecular formula is C23H18F3N5. The van der Waals surface area contributed by atoms with Gasteiger partial charge in [-0.05, 0) is 42.5 Å². The Bertz CT molecular complexity index is 1140. The zero-order chi connectivity index (χ0) is 21.8. The molecule has 0 bridgehead atoms. The van der Waals surface area contributed by atoms with Crippen LogP contribution in [-0.4, -0.2) is 27.8 Å². The highest BCUT2D eigenvalue weighted by Crippen LogP contribution is 2.27. The van der Waals surface area contributed by atoms with Crippen LogP contribution >= 0.6 is 0 Å². The van der Waals surface area contributed by atoms with Crippen LogP contribution < -0.4 is 4.90 Å². The van der Waals surface area contributed by atoms with Crippen LogP contribution in [0.15, 0.2) is 83.9 Å². The Hall–Kier alpha value is -3.81. The number of benzene rings is 1. The first-order valence-electron chi connectivity index (χ1n) is 9.50. The molecular weight excluding hydrogens is 403 g/mol. The minimum absolute atomic E-state index is 0.00690. The Labute approximate surface area is 177 Å². The van der Waals surface area contributed by atoms with Gasteiger partial charge in [0.2, 0.25) is 0 Å². The second-order valence-corrected chi connectivity index (χ2v) is 6.90. The van der Waals surface area contributed by atoms with Crippen molar-refractivity contribution >= 4 is 22.8 Å². The van der Waals surface area contributed by atoms with E-state index in [0.29, 0.717) is 34.9 Å². The van der Waals surface area contributed by atoms with E-state index in [4.69, 9.17) is 0 Å². The lowest BCUT2D eigenvalue weighted by Gasteiger charge is -2.27. The van der Waals surface area contributed by atoms with Crippen molar-refractivity contribution in [3.05, 3.63) is 96.3 Å². The van der Waals surface area contributed by atoms with E-state index < -0.39 is 6.43 Å². The van der Waals surface area contributed by atoms with Crippen LogP contribution in [0.2, 0.25) is 0 Å². The summed E-state index contributed by atoms with van der Waals surface area (Å²) in [6, 6.07) is 13.4. The molecule has 0 spiro atoms. The molecule has 1 aliphatic rings. The molecule has 156 valence electrons. The predicted molar refractivity (Wildman–Crippen MR) is 115 cm³/mol. The lowest BCUT2D eigenvalue weighted by molar-refractivity contribution is 0.224. The molecule has 0 saturated heterocycles. The second-order valence-electron chi connectivity index (χ2n) is 6.90. The largest absolute Gasteiger partial charge is 0.335 e. The number of hydrogen-bond acceptors (Lipinski definition) is 5. The molecule has 3 heterocycles. The van der Waals surface area contributed by atoms with Crippen molar-refractivity contribution in [3.8, 4) is 0 Å². The van der Waals surface area contributed by atoms with Crippen LogP contribution in [0, 0.1) is 5.82 Å². The summed E-state index contributed by atoms with van der Waals surface area (Å²) in [6.07, 6.45) is 2.29. The van der Waals surface area contributed by atoms with Crippen LogP contribution in [-0.2, 0) is 6.54 Å². The predicted octanol–water partition coefficient (Wildman–Crippen LogP) is 5.11. The average molecular weight is 421 g/mol. The number of aromatic nitrogens is 2. The molecule has 8 heteroatoms. The van der Waals surface area contributed by atoms with E-state index in [1.807, 2.05) is 17.0 Å². The molecule has 3 aromatic rings. The highest BCUT2D eigenvalue weighted by molar-refractivity contribution is 6.15. The van der Waals surface area contributed by atoms with Gasteiger partial charge < -0.3 is 4.90 Å². The minimum Gasteiger partial charge on any atom is -0.335 e. The van der Waals surface area contributed by atoms with E-state index in [1.165, 1.54) is 12.1 Å². The molecule has 31 heavy (non-hydrogen) atoms. The molecule has 1 aromatic carbocycles. The molecule has 0 amide bonds. The summed E-state index contributed by atoms with van der Waals surface area (Å²) in [6.45, 7) is 4.51. The maximum Gasteiger partial charge on any atom is 0.278 e. The van der Waals surface area contributed by atoms with E-state index in [9.17, 15) is 13.2 Å². The van der Waals surface area contributed by atoms with Gasteiger partial charge in [-0.2, -0.15) is 10.2 Å². The van der Waals surface area contributed by atoms with Gasteiger partial charge in [-0.15, -0.1) is 0 Å². The molecule has 0 atom stereocenters. The molecule has 0 radical (unpaired) electrons. The number of anilines is 1. The third-order valence-corrected chi connectivity index (χ3v) is 4.84. The zero-order valence-electron chi connectivity index (χ0n) is 16.4. The Morgan fingerprint density at radius 3 is 2.52 bits per heavy atom. The number of hydrogen-bond donors (Lipinski definition) is 0. The van der Waals surface area contributed by atoms with Gasteiger partial charge in [-0.3, -0.25) is 9.97 Å². The fraction of sp³-hybridized carbons (Fsp3) is 0.130. The van der Waals surface area contributed by atoms with Crippen molar-refractivity contribution in [2.45, 2.75) is 19.4 Å². The lowest BCUT2D eigenvalue weighted by atomic mass is 10.1. The molecule has 4 rings (SSSR count). The molecule has 0 aliphatic carbocycles. The molecule has 0 fully saturated rings. The number of pyridine rings is 2. The highest BCUT2D eigenvalue weighted by Gasteiger charge is 2.22. The van der Waals surface area contributed by atoms with Crippen LogP contribution in [0.3, 0.4) is 0 Å². The Kier molecular flexibility index (Phi) is 5.88. The Morgan fingerprint density at radius 2 is 1.87 bits per heavy atom. The summed E-state index contributed by atoms with van der Waals surface area (Å²) in [4.78, 5) is 10.3. The van der Waals surface area contributed by atoms with Gasteiger partial charge in [-0.25, -0.2) is 13.2 Å². The summed E-state index contributed by atoms with van der Waals surface area (Å²) in [7, 11) is 0. The first kappa shape index (κ1) is 20.5. The van der Waals surface area contributed by atoms with Crippen molar-refractivity contribution in [3.63, 3.8) is 0 Å². The van der Waals surface area contributed by atoms with E-state index in [1.54, 1.807) is 42.9 Å². The fourth-order valence-corrected chi connectivity index (χ4v) is 3.18. The van der Waals surface area contributed by atoms with Crippen LogP contribution in [0.1, 0.15) is 23.2 Å². The minimum atomic E-state index is -2.62. The van der Waals surface area contributed by atoms with Gasteiger partial charge in [0.25, 0.3) is 6.43 Å². The van der Waals surface area contributed by atoms with E-state index in [0.717, 1.165) is 5.56 Å². The van der Waals surface area contributed by atoms with Crippen molar-refractivity contribution in [1.82, 2.24) is 9.97 Å². The number of nitrogens with zero attached hydrogens (tertiary/aromatic N) is 5. The van der Waals surface area contributed by atoms with Gasteiger partial charge in [0.1, 0.15) is 11.5 Å². The number of alkyl halides is 2. The third-order valence-electron chi connectivity index (χ3n) is 4.84. The quantitative estimate of drug-likeness (QED) is 0.533. The van der Waals surface area contributed by atoms with E-state index in [-0.39, 0.29) is 17.9 Å². The third kappa shape index (κ3) is 4.69. The van der Waals surface area contributed by atoms with E-state index >= 15 is 0 Å². The fourth-order valence-electron chi connectivity index (χ4n) is 3.18. The SMILES string of the molecule is C=C(c1ccncc1)N(Cc1ccc(C2=NN=C(C(F)F)C2)cn1)c1cccc(F)c1. The summed E-state index contributed by atoms with van der Waals surface area (Å²) in [5.41, 5.74) is 3.66. The van der Waals surface area contributed by atoms with E-state index in [2.05, 4.69) is 26.7 Å². The summed E-state index contributed by atoms with van der Waals surface area (Å²) >= 11 is 0. The van der Waals surface area contributed by atoms with Crippen LogP contribution in [0.25, 0.3) is 5.70 Å². The number of halogens is 3. The maximum absolute atomic E-state index is 13.9. The first-order valence-corrected chi connectivity index (χ1v) is 9.50. The Morgan fingerprint density at radius 1 is 1.06 bits per heavy atom. The molecule has 1 aliphatic heterocycles. The number of rotatable bonds is 7. The molecule has 0 saturated carbocycles. The summed E-state index contributed by atoms with van der Waals surface area (Å²) in [5.74, 6) is -0.359. The summed E-state index contributed by atoms with van der Waals surface area (Å²) in [5, 5.41) is 7.37. The van der Waals surface area contributed by atoms with Crippen molar-refractivity contribution in [2.75, 3.05) is 4.90 Å². The standard InChI is InChI=1S/C23H18F3N5/c1-15(16-7-9-27-10-8-16)31(20-4-2-3-18(24)11-20)14-19-6-5-17(13-28-19)21-12-22(23(25)26)30-29-21/h2-11,13,23H,1,12,14H2. The maximum atomic E-state index is 13.9. The van der Waals surface area contributed by atoms with Crippen molar-refractivity contribution in [1.29, 1.82) is 0 Å². The van der Waals surface area contributed by atoms with Gasteiger partial charge in [0.05, 0.1) is 18.0 Å². The second kappa shape index (κ2) is 8.91. The van der Waals surface area contributed by atoms with Gasteiger partial charge in [0.15, 0.2) is 0 Å². The molecule has 0 N–H and O–H groups in total. The summed E-state index contributed by atoms with van der Waals surface area (Å²) < 4.78 is 39.4. The highest BCUT2D eigenvalue weighted by atomic mass is 19.3. The Balaban J connectivity index is 1.57. The van der Waals surface area contributed by atoms with Crippen LogP contribution in [0.5, 0.6) is 0 Å². The van der Waals surface area contributed by atoms with Crippen LogP contribution in [0.4, 0.5) is 18.9 Å². The van der Waals surface area contributed by atoms with Crippen molar-refractivity contribution < 1.29 is 13.2 Å². The average Bonchev–Trinajstić information content (AvgIpc) is 3.29. The smallest absolute Gasteiger partial charge is 0.278 e. The van der Waals surface area contributed by atoms with Gasteiger partial charge >= 0.3 is 0 Å². The monoisotopic (exact) mass is 421 g/mol. The lowest BCUT2D eigenvalue weighted by Crippen LogP contribution is -2.21. The van der Waals surface area contributed by atoms with Gasteiger partial charge in [-0.1, -0.05) is 12.6 Å². The van der Waals surface area contributed by atoms with Crippen molar-refractivity contribution in [2.24, 2.45) is 10.2 Å². The zero-order valence-corrected chi connectivity index (χ0v) is 16.4. The topological polar surface area (TPSA) is 53.7 Å². The molecule has 2 aromatic heterocycles. The normalized spacial score (nSPS) is 13.2. The molecule has 0 unspecified atom stereocenters. The molecule has 5 nitrogen and oxygen atoms in total.